The fraction of sp³-hybridized carbons (Fsp3) is 0.353. The number of carbonyl (C=O) groups excluding carboxylic acids is 1. The molecule has 0 aliphatic carbocycles. The van der Waals surface area contributed by atoms with Crippen LogP contribution in [0.3, 0.4) is 0 Å². The summed E-state index contributed by atoms with van der Waals surface area (Å²) in [6.07, 6.45) is 4.83. The summed E-state index contributed by atoms with van der Waals surface area (Å²) in [6.45, 7) is 1.07. The summed E-state index contributed by atoms with van der Waals surface area (Å²) in [5.41, 5.74) is 0. The first-order valence-electron chi connectivity index (χ1n) is 7.91. The van der Waals surface area contributed by atoms with Crippen LogP contribution in [0.1, 0.15) is 12.8 Å². The summed E-state index contributed by atoms with van der Waals surface area (Å²) in [4.78, 5) is 22.2. The number of ether oxygens (including phenoxy) is 2. The molecule has 0 spiro atoms. The number of rotatable bonds is 5. The van der Waals surface area contributed by atoms with Gasteiger partial charge >= 0.3 is 6.01 Å². The molecule has 1 aliphatic heterocycles. The standard InChI is InChI=1S/C17H17Cl2N3O3/c18-12-4-5-15(14(19)9-12)24-11-16(23)22-8-1-3-13(10-22)25-17-20-6-2-7-21-17/h2,4-7,9,13H,1,3,8,10-11H2. The van der Waals surface area contributed by atoms with E-state index in [1.165, 1.54) is 0 Å². The lowest BCUT2D eigenvalue weighted by atomic mass is 10.1. The number of carbonyl (C=O) groups is 1. The number of likely N-dealkylation sites (tertiary alicyclic amines) is 1. The Morgan fingerprint density at radius 2 is 2.08 bits per heavy atom. The molecule has 6 nitrogen and oxygen atoms in total. The predicted molar refractivity (Wildman–Crippen MR) is 94.2 cm³/mol. The van der Waals surface area contributed by atoms with E-state index in [4.69, 9.17) is 32.7 Å². The quantitative estimate of drug-likeness (QED) is 0.795. The van der Waals surface area contributed by atoms with Crippen LogP contribution in [-0.2, 0) is 4.79 Å². The summed E-state index contributed by atoms with van der Waals surface area (Å²) in [5.74, 6) is 0.315. The first-order valence-corrected chi connectivity index (χ1v) is 8.67. The van der Waals surface area contributed by atoms with Crippen LogP contribution in [0.5, 0.6) is 11.8 Å². The van der Waals surface area contributed by atoms with Crippen LogP contribution in [0.25, 0.3) is 0 Å². The number of hydrogen-bond acceptors (Lipinski definition) is 5. The molecule has 1 atom stereocenters. The topological polar surface area (TPSA) is 64.5 Å². The number of aromatic nitrogens is 2. The molecule has 1 amide bonds. The minimum Gasteiger partial charge on any atom is -0.482 e. The first kappa shape index (κ1) is 17.8. The molecule has 1 fully saturated rings. The van der Waals surface area contributed by atoms with Gasteiger partial charge in [-0.1, -0.05) is 23.2 Å². The van der Waals surface area contributed by atoms with E-state index in [9.17, 15) is 4.79 Å². The summed E-state index contributed by atoms with van der Waals surface area (Å²) in [7, 11) is 0. The molecule has 25 heavy (non-hydrogen) atoms. The van der Waals surface area contributed by atoms with Gasteiger partial charge in [-0.2, -0.15) is 0 Å². The summed E-state index contributed by atoms with van der Waals surface area (Å²) in [5, 5.41) is 0.893. The third-order valence-corrected chi connectivity index (χ3v) is 4.32. The Kier molecular flexibility index (Phi) is 5.94. The number of halogens is 2. The van der Waals surface area contributed by atoms with E-state index in [1.54, 1.807) is 41.6 Å². The molecule has 3 rings (SSSR count). The van der Waals surface area contributed by atoms with Crippen LogP contribution < -0.4 is 9.47 Å². The van der Waals surface area contributed by atoms with Gasteiger partial charge in [0.15, 0.2) is 6.61 Å². The molecule has 1 aromatic carbocycles. The van der Waals surface area contributed by atoms with E-state index in [0.29, 0.717) is 34.9 Å². The molecule has 0 radical (unpaired) electrons. The smallest absolute Gasteiger partial charge is 0.316 e. The minimum atomic E-state index is -0.126. The van der Waals surface area contributed by atoms with Crippen LogP contribution in [-0.4, -0.2) is 46.6 Å². The van der Waals surface area contributed by atoms with Gasteiger partial charge < -0.3 is 14.4 Å². The SMILES string of the molecule is O=C(COc1ccc(Cl)cc1Cl)N1CCCC(Oc2ncccn2)C1. The maximum atomic E-state index is 12.4. The highest BCUT2D eigenvalue weighted by molar-refractivity contribution is 6.35. The summed E-state index contributed by atoms with van der Waals surface area (Å²) >= 11 is 11.9. The minimum absolute atomic E-state index is 0.0874. The average Bonchev–Trinajstić information content (AvgIpc) is 2.62. The molecule has 2 heterocycles. The third kappa shape index (κ3) is 4.96. The van der Waals surface area contributed by atoms with Gasteiger partial charge in [0.05, 0.1) is 11.6 Å². The predicted octanol–water partition coefficient (Wildman–Crippen LogP) is 3.23. The molecule has 0 bridgehead atoms. The lowest BCUT2D eigenvalue weighted by Crippen LogP contribution is -2.46. The number of benzene rings is 1. The van der Waals surface area contributed by atoms with Crippen LogP contribution in [0, 0.1) is 0 Å². The molecule has 1 aliphatic rings. The van der Waals surface area contributed by atoms with Gasteiger partial charge in [-0.3, -0.25) is 4.79 Å². The Bertz CT molecular complexity index is 730. The zero-order chi connectivity index (χ0) is 17.6. The third-order valence-electron chi connectivity index (χ3n) is 3.79. The number of amides is 1. The maximum Gasteiger partial charge on any atom is 0.316 e. The fourth-order valence-corrected chi connectivity index (χ4v) is 3.04. The van der Waals surface area contributed by atoms with Crippen molar-refractivity contribution in [3.05, 3.63) is 46.7 Å². The monoisotopic (exact) mass is 381 g/mol. The van der Waals surface area contributed by atoms with E-state index in [1.807, 2.05) is 0 Å². The Hall–Kier alpha value is -2.05. The van der Waals surface area contributed by atoms with Crippen molar-refractivity contribution in [1.29, 1.82) is 0 Å². The van der Waals surface area contributed by atoms with E-state index >= 15 is 0 Å². The number of hydrogen-bond donors (Lipinski definition) is 0. The fourth-order valence-electron chi connectivity index (χ4n) is 2.58. The highest BCUT2D eigenvalue weighted by Gasteiger charge is 2.25. The Morgan fingerprint density at radius 3 is 2.84 bits per heavy atom. The highest BCUT2D eigenvalue weighted by Crippen LogP contribution is 2.27. The number of piperidine rings is 1. The van der Waals surface area contributed by atoms with Gasteiger partial charge in [0.2, 0.25) is 0 Å². The highest BCUT2D eigenvalue weighted by atomic mass is 35.5. The van der Waals surface area contributed by atoms with Crippen molar-refractivity contribution in [1.82, 2.24) is 14.9 Å². The van der Waals surface area contributed by atoms with Gasteiger partial charge in [-0.15, -0.1) is 0 Å². The second kappa shape index (κ2) is 8.36. The van der Waals surface area contributed by atoms with E-state index in [-0.39, 0.29) is 18.6 Å². The van der Waals surface area contributed by atoms with Crippen molar-refractivity contribution in [3.63, 3.8) is 0 Å². The first-order chi connectivity index (χ1) is 12.1. The van der Waals surface area contributed by atoms with Gasteiger partial charge in [0, 0.05) is 24.0 Å². The Labute approximate surface area is 155 Å². The molecule has 0 saturated carbocycles. The van der Waals surface area contributed by atoms with Crippen LogP contribution in [0.2, 0.25) is 10.0 Å². The van der Waals surface area contributed by atoms with Crippen molar-refractivity contribution in [2.75, 3.05) is 19.7 Å². The van der Waals surface area contributed by atoms with Crippen molar-refractivity contribution in [2.45, 2.75) is 18.9 Å². The van der Waals surface area contributed by atoms with Crippen molar-refractivity contribution >= 4 is 29.1 Å². The number of nitrogens with zero attached hydrogens (tertiary/aromatic N) is 3. The molecule has 1 saturated heterocycles. The maximum absolute atomic E-state index is 12.4. The summed E-state index contributed by atoms with van der Waals surface area (Å²) < 4.78 is 11.3. The summed E-state index contributed by atoms with van der Waals surface area (Å²) in [6, 6.07) is 6.94. The average molecular weight is 382 g/mol. The molecule has 132 valence electrons. The van der Waals surface area contributed by atoms with Crippen molar-refractivity contribution in [3.8, 4) is 11.8 Å². The van der Waals surface area contributed by atoms with Crippen molar-refractivity contribution in [2.24, 2.45) is 0 Å². The molecule has 1 unspecified atom stereocenters. The van der Waals surface area contributed by atoms with Gasteiger partial charge in [-0.25, -0.2) is 9.97 Å². The normalized spacial score (nSPS) is 17.2. The Balaban J connectivity index is 1.53. The molecular weight excluding hydrogens is 365 g/mol. The van der Waals surface area contributed by atoms with Gasteiger partial charge in [-0.05, 0) is 37.1 Å². The molecule has 0 N–H and O–H groups in total. The van der Waals surface area contributed by atoms with Crippen LogP contribution in [0.4, 0.5) is 0 Å². The second-order valence-electron chi connectivity index (χ2n) is 5.62. The molecule has 1 aromatic heterocycles. The van der Waals surface area contributed by atoms with Crippen LogP contribution in [0.15, 0.2) is 36.7 Å². The van der Waals surface area contributed by atoms with Gasteiger partial charge in [0.25, 0.3) is 5.91 Å². The molecule has 2 aromatic rings. The lowest BCUT2D eigenvalue weighted by molar-refractivity contribution is -0.136. The van der Waals surface area contributed by atoms with Crippen LogP contribution >= 0.6 is 23.2 Å². The second-order valence-corrected chi connectivity index (χ2v) is 6.46. The van der Waals surface area contributed by atoms with E-state index in [2.05, 4.69) is 9.97 Å². The van der Waals surface area contributed by atoms with E-state index < -0.39 is 0 Å². The van der Waals surface area contributed by atoms with E-state index in [0.717, 1.165) is 12.8 Å². The molecular formula is C17H17Cl2N3O3. The lowest BCUT2D eigenvalue weighted by Gasteiger charge is -2.32. The largest absolute Gasteiger partial charge is 0.482 e. The zero-order valence-corrected chi connectivity index (χ0v) is 14.9. The van der Waals surface area contributed by atoms with Gasteiger partial charge in [0.1, 0.15) is 11.9 Å². The Morgan fingerprint density at radius 1 is 1.28 bits per heavy atom. The van der Waals surface area contributed by atoms with Crippen molar-refractivity contribution < 1.29 is 14.3 Å². The molecule has 8 heteroatoms. The zero-order valence-electron chi connectivity index (χ0n) is 13.4.